The van der Waals surface area contributed by atoms with Crippen molar-refractivity contribution in [1.82, 2.24) is 5.32 Å². The minimum Gasteiger partial charge on any atom is -0.870 e. The van der Waals surface area contributed by atoms with Gasteiger partial charge in [0, 0.05) is 6.54 Å². The molecule has 0 spiro atoms. The van der Waals surface area contributed by atoms with Crippen LogP contribution in [0.1, 0.15) is 36.7 Å². The van der Waals surface area contributed by atoms with Gasteiger partial charge in [-0.05, 0) is 32.4 Å². The van der Waals surface area contributed by atoms with E-state index < -0.39 is 17.7 Å². The second-order valence-corrected chi connectivity index (χ2v) is 4.82. The van der Waals surface area contributed by atoms with Crippen LogP contribution in [0.15, 0.2) is 24.3 Å². The van der Waals surface area contributed by atoms with Crippen LogP contribution in [0.25, 0.3) is 0 Å². The molecule has 0 heterocycles. The van der Waals surface area contributed by atoms with E-state index >= 15 is 0 Å². The Balaban J connectivity index is -0.000000216. The van der Waals surface area contributed by atoms with Crippen molar-refractivity contribution in [3.8, 4) is 0 Å². The predicted molar refractivity (Wildman–Crippen MR) is 74.0 cm³/mol. The minimum absolute atomic E-state index is 0. The minimum atomic E-state index is -1.02. The van der Waals surface area contributed by atoms with Gasteiger partial charge < -0.3 is 31.6 Å². The van der Waals surface area contributed by atoms with Gasteiger partial charge in [-0.2, -0.15) is 0 Å². The Morgan fingerprint density at radius 3 is 2.04 bits per heavy atom. The number of hydrogen-bond acceptors (Lipinski definition) is 5. The quantitative estimate of drug-likeness (QED) is 0.531. The number of alkyl carbamates (subject to hydrolysis) is 1. The van der Waals surface area contributed by atoms with Gasteiger partial charge in [0.1, 0.15) is 5.60 Å². The van der Waals surface area contributed by atoms with Crippen molar-refractivity contribution in [2.24, 2.45) is 0 Å². The smallest absolute Gasteiger partial charge is 0.870 e. The number of nitrogens with one attached hydrogen (secondary N) is 1. The molecular weight excluding hydrogens is 296 g/mol. The number of carboxylic acid groups (broad SMARTS) is 1. The molecule has 6 N–H and O–H groups in total. The van der Waals surface area contributed by atoms with Crippen LogP contribution in [0, 0.1) is 0 Å². The first kappa shape index (κ1) is 33.6. The SMILES string of the molecule is CC(C)(C)OC(=O)NCc1ccccc1C(=O)O.O.[Li+].[Li+].[OH-].[OH-]. The number of amides is 1. The third kappa shape index (κ3) is 13.2. The molecule has 1 amide bonds. The summed E-state index contributed by atoms with van der Waals surface area (Å²) in [5.41, 5.74) is 0.139. The van der Waals surface area contributed by atoms with E-state index in [-0.39, 0.29) is 66.3 Å². The Kier molecular flexibility index (Phi) is 21.4. The molecular formula is C13H21Li2NO7. The van der Waals surface area contributed by atoms with Gasteiger partial charge in [0.15, 0.2) is 0 Å². The van der Waals surface area contributed by atoms with Gasteiger partial charge in [-0.1, -0.05) is 18.2 Å². The van der Waals surface area contributed by atoms with Gasteiger partial charge in [-0.15, -0.1) is 0 Å². The Hall–Kier alpha value is -0.965. The molecule has 1 aromatic carbocycles. The number of carboxylic acids is 1. The Morgan fingerprint density at radius 1 is 1.13 bits per heavy atom. The van der Waals surface area contributed by atoms with Crippen LogP contribution in [0.5, 0.6) is 0 Å². The summed E-state index contributed by atoms with van der Waals surface area (Å²) in [4.78, 5) is 22.4. The van der Waals surface area contributed by atoms with Crippen molar-refractivity contribution in [3.05, 3.63) is 35.4 Å². The van der Waals surface area contributed by atoms with Gasteiger partial charge in [-0.3, -0.25) is 0 Å². The van der Waals surface area contributed by atoms with Crippen molar-refractivity contribution in [2.75, 3.05) is 0 Å². The fourth-order valence-electron chi connectivity index (χ4n) is 1.36. The zero-order chi connectivity index (χ0) is 13.8. The summed E-state index contributed by atoms with van der Waals surface area (Å²) in [7, 11) is 0. The monoisotopic (exact) mass is 317 g/mol. The zero-order valence-corrected chi connectivity index (χ0v) is 14.1. The maximum Gasteiger partial charge on any atom is 1.00 e. The normalized spacial score (nSPS) is 8.48. The van der Waals surface area contributed by atoms with Crippen molar-refractivity contribution in [3.63, 3.8) is 0 Å². The summed E-state index contributed by atoms with van der Waals surface area (Å²) < 4.78 is 5.06. The van der Waals surface area contributed by atoms with E-state index in [1.807, 2.05) is 0 Å². The third-order valence-electron chi connectivity index (χ3n) is 2.07. The fourth-order valence-corrected chi connectivity index (χ4v) is 1.36. The summed E-state index contributed by atoms with van der Waals surface area (Å²) in [5.74, 6) is -1.02. The number of carbonyl (C=O) groups is 2. The van der Waals surface area contributed by atoms with Crippen LogP contribution < -0.4 is 43.0 Å². The van der Waals surface area contributed by atoms with Crippen molar-refractivity contribution in [1.29, 1.82) is 0 Å². The molecule has 0 aliphatic carbocycles. The van der Waals surface area contributed by atoms with E-state index in [9.17, 15) is 9.59 Å². The van der Waals surface area contributed by atoms with E-state index in [0.717, 1.165) is 0 Å². The van der Waals surface area contributed by atoms with Gasteiger partial charge in [0.05, 0.1) is 5.56 Å². The number of rotatable bonds is 3. The second kappa shape index (κ2) is 14.6. The molecule has 23 heavy (non-hydrogen) atoms. The molecule has 0 radical (unpaired) electrons. The molecule has 1 aromatic rings. The molecule has 0 fully saturated rings. The molecule has 122 valence electrons. The van der Waals surface area contributed by atoms with E-state index in [4.69, 9.17) is 9.84 Å². The summed E-state index contributed by atoms with van der Waals surface area (Å²) in [5, 5.41) is 11.5. The summed E-state index contributed by atoms with van der Waals surface area (Å²) in [6, 6.07) is 6.51. The fraction of sp³-hybridized carbons (Fsp3) is 0.385. The first-order chi connectivity index (χ1) is 8.29. The first-order valence-electron chi connectivity index (χ1n) is 5.57. The number of ether oxygens (including phenoxy) is 1. The molecule has 0 unspecified atom stereocenters. The third-order valence-corrected chi connectivity index (χ3v) is 2.07. The van der Waals surface area contributed by atoms with Crippen LogP contribution in [-0.2, 0) is 11.3 Å². The summed E-state index contributed by atoms with van der Waals surface area (Å²) in [6.07, 6.45) is -0.567. The summed E-state index contributed by atoms with van der Waals surface area (Å²) >= 11 is 0. The number of aromatic carboxylic acids is 1. The van der Waals surface area contributed by atoms with Crippen LogP contribution in [0.2, 0.25) is 0 Å². The standard InChI is InChI=1S/C13H17NO4.2Li.3H2O/c1-13(2,3)18-12(17)14-8-9-6-4-5-7-10(9)11(15)16;;;;;/h4-7H,8H2,1-3H3,(H,14,17)(H,15,16);;;3*1H2/q;2*+1;;;/p-2. The van der Waals surface area contributed by atoms with Gasteiger partial charge in [-0.25, -0.2) is 9.59 Å². The van der Waals surface area contributed by atoms with E-state index in [0.29, 0.717) is 5.56 Å². The molecule has 0 aromatic heterocycles. The molecule has 0 aliphatic rings. The summed E-state index contributed by atoms with van der Waals surface area (Å²) in [6.45, 7) is 5.41. The molecule has 0 atom stereocenters. The first-order valence-corrected chi connectivity index (χ1v) is 5.57. The topological polar surface area (TPSA) is 167 Å². The molecule has 0 saturated heterocycles. The van der Waals surface area contributed by atoms with Gasteiger partial charge in [0.2, 0.25) is 0 Å². The maximum absolute atomic E-state index is 11.4. The second-order valence-electron chi connectivity index (χ2n) is 4.82. The van der Waals surface area contributed by atoms with E-state index in [1.54, 1.807) is 39.0 Å². The van der Waals surface area contributed by atoms with Crippen LogP contribution in [0.3, 0.4) is 0 Å². The molecule has 0 aliphatic heterocycles. The van der Waals surface area contributed by atoms with Crippen molar-refractivity contribution < 1.29 is 73.6 Å². The van der Waals surface area contributed by atoms with Crippen molar-refractivity contribution >= 4 is 12.1 Å². The van der Waals surface area contributed by atoms with Crippen LogP contribution >= 0.6 is 0 Å². The average Bonchev–Trinajstić information content (AvgIpc) is 2.24. The predicted octanol–water partition coefficient (Wildman–Crippen LogP) is -4.76. The number of benzene rings is 1. The molecule has 1 rings (SSSR count). The molecule has 0 bridgehead atoms. The average molecular weight is 317 g/mol. The van der Waals surface area contributed by atoms with Crippen LogP contribution in [0.4, 0.5) is 4.79 Å². The van der Waals surface area contributed by atoms with Crippen molar-refractivity contribution in [2.45, 2.75) is 32.9 Å². The number of hydrogen-bond donors (Lipinski definition) is 2. The Labute approximate surface area is 159 Å². The largest absolute Gasteiger partial charge is 1.00 e. The Bertz CT molecular complexity index is 464. The van der Waals surface area contributed by atoms with E-state index in [1.165, 1.54) is 6.07 Å². The van der Waals surface area contributed by atoms with Gasteiger partial charge >= 0.3 is 49.8 Å². The zero-order valence-electron chi connectivity index (χ0n) is 14.1. The Morgan fingerprint density at radius 2 is 1.61 bits per heavy atom. The number of carbonyl (C=O) groups excluding carboxylic acids is 1. The molecule has 0 saturated carbocycles. The maximum atomic E-state index is 11.4. The molecule has 8 nitrogen and oxygen atoms in total. The van der Waals surface area contributed by atoms with Crippen LogP contribution in [-0.4, -0.2) is 39.2 Å². The van der Waals surface area contributed by atoms with E-state index in [2.05, 4.69) is 5.32 Å². The van der Waals surface area contributed by atoms with Gasteiger partial charge in [0.25, 0.3) is 0 Å². The molecule has 10 heteroatoms.